The zero-order valence-corrected chi connectivity index (χ0v) is 12.0. The monoisotopic (exact) mass is 312 g/mol. The minimum Gasteiger partial charge on any atom is -0.465 e. The number of hydrogen-bond donors (Lipinski definition) is 1. The van der Waals surface area contributed by atoms with E-state index >= 15 is 0 Å². The molecule has 1 saturated heterocycles. The fourth-order valence-corrected chi connectivity index (χ4v) is 2.65. The van der Waals surface area contributed by atoms with E-state index in [0.717, 1.165) is 24.1 Å². The highest BCUT2D eigenvalue weighted by Crippen LogP contribution is 2.18. The smallest absolute Gasteiger partial charge is 0.407 e. The molecular weight excluding hydrogens is 296 g/mol. The third-order valence-electron chi connectivity index (χ3n) is 3.34. The summed E-state index contributed by atoms with van der Waals surface area (Å²) in [6, 6.07) is 6.29. The number of rotatable bonds is 2. The van der Waals surface area contributed by atoms with Gasteiger partial charge < -0.3 is 10.0 Å². The van der Waals surface area contributed by atoms with E-state index in [4.69, 9.17) is 5.11 Å². The molecule has 4 nitrogen and oxygen atoms in total. The summed E-state index contributed by atoms with van der Waals surface area (Å²) >= 11 is 3.46. The SMILES string of the molecule is Cc1cc(Br)ccc1CN1CCN(C(=O)O)CC1. The number of nitrogens with zero attached hydrogens (tertiary/aromatic N) is 2. The van der Waals surface area contributed by atoms with Crippen molar-refractivity contribution in [1.82, 2.24) is 9.80 Å². The molecular formula is C13H17BrN2O2. The van der Waals surface area contributed by atoms with Gasteiger partial charge in [0.1, 0.15) is 0 Å². The summed E-state index contributed by atoms with van der Waals surface area (Å²) in [4.78, 5) is 14.6. The molecule has 0 radical (unpaired) electrons. The van der Waals surface area contributed by atoms with Crippen molar-refractivity contribution in [3.05, 3.63) is 33.8 Å². The van der Waals surface area contributed by atoms with Crippen LogP contribution in [0.1, 0.15) is 11.1 Å². The van der Waals surface area contributed by atoms with Crippen LogP contribution in [0.25, 0.3) is 0 Å². The minimum atomic E-state index is -0.811. The molecule has 98 valence electrons. The number of piperazine rings is 1. The van der Waals surface area contributed by atoms with E-state index in [2.05, 4.69) is 46.0 Å². The molecule has 0 atom stereocenters. The molecule has 0 unspecified atom stereocenters. The standard InChI is InChI=1S/C13H17BrN2O2/c1-10-8-12(14)3-2-11(10)9-15-4-6-16(7-5-15)13(17)18/h2-3,8H,4-7,9H2,1H3,(H,17,18). The van der Waals surface area contributed by atoms with Gasteiger partial charge in [0.2, 0.25) is 0 Å². The second-order valence-electron chi connectivity index (χ2n) is 4.62. The number of halogens is 1. The van der Waals surface area contributed by atoms with Crippen molar-refractivity contribution in [2.75, 3.05) is 26.2 Å². The molecule has 0 aliphatic carbocycles. The minimum absolute atomic E-state index is 0.602. The van der Waals surface area contributed by atoms with E-state index in [1.165, 1.54) is 16.0 Å². The number of aryl methyl sites for hydroxylation is 1. The first-order valence-electron chi connectivity index (χ1n) is 6.01. The Morgan fingerprint density at radius 2 is 2.00 bits per heavy atom. The van der Waals surface area contributed by atoms with Gasteiger partial charge in [-0.25, -0.2) is 4.79 Å². The summed E-state index contributed by atoms with van der Waals surface area (Å²) < 4.78 is 1.10. The topological polar surface area (TPSA) is 43.8 Å². The quantitative estimate of drug-likeness (QED) is 0.912. The zero-order valence-electron chi connectivity index (χ0n) is 10.4. The molecule has 0 aromatic heterocycles. The molecule has 1 aromatic rings. The molecule has 18 heavy (non-hydrogen) atoms. The summed E-state index contributed by atoms with van der Waals surface area (Å²) in [6.45, 7) is 5.82. The lowest BCUT2D eigenvalue weighted by molar-refractivity contribution is 0.103. The van der Waals surface area contributed by atoms with Gasteiger partial charge in [-0.2, -0.15) is 0 Å². The van der Waals surface area contributed by atoms with Crippen molar-refractivity contribution in [2.24, 2.45) is 0 Å². The van der Waals surface area contributed by atoms with Gasteiger partial charge in [-0.1, -0.05) is 22.0 Å². The molecule has 1 amide bonds. The van der Waals surface area contributed by atoms with Crippen LogP contribution < -0.4 is 0 Å². The molecule has 1 aliphatic heterocycles. The van der Waals surface area contributed by atoms with E-state index in [1.807, 2.05) is 0 Å². The third-order valence-corrected chi connectivity index (χ3v) is 3.83. The van der Waals surface area contributed by atoms with Crippen molar-refractivity contribution in [2.45, 2.75) is 13.5 Å². The van der Waals surface area contributed by atoms with Crippen LogP contribution in [0.2, 0.25) is 0 Å². The van der Waals surface area contributed by atoms with Gasteiger partial charge in [-0.05, 0) is 30.2 Å². The Labute approximate surface area is 115 Å². The molecule has 1 aromatic carbocycles. The summed E-state index contributed by atoms with van der Waals surface area (Å²) in [6.07, 6.45) is -0.811. The molecule has 1 fully saturated rings. The molecule has 1 aliphatic rings. The van der Waals surface area contributed by atoms with Crippen LogP contribution in [0.5, 0.6) is 0 Å². The van der Waals surface area contributed by atoms with Crippen LogP contribution in [0.15, 0.2) is 22.7 Å². The molecule has 1 N–H and O–H groups in total. The summed E-state index contributed by atoms with van der Waals surface area (Å²) in [5.74, 6) is 0. The van der Waals surface area contributed by atoms with Crippen molar-refractivity contribution in [3.63, 3.8) is 0 Å². The normalized spacial score (nSPS) is 16.9. The van der Waals surface area contributed by atoms with Gasteiger partial charge in [0.15, 0.2) is 0 Å². The van der Waals surface area contributed by atoms with Gasteiger partial charge in [-0.15, -0.1) is 0 Å². The van der Waals surface area contributed by atoms with Gasteiger partial charge in [0.05, 0.1) is 0 Å². The first-order chi connectivity index (χ1) is 8.56. The van der Waals surface area contributed by atoms with Crippen molar-refractivity contribution in [1.29, 1.82) is 0 Å². The number of amides is 1. The zero-order chi connectivity index (χ0) is 13.1. The molecule has 5 heteroatoms. The van der Waals surface area contributed by atoms with Gasteiger partial charge in [0, 0.05) is 37.2 Å². The maximum atomic E-state index is 10.8. The predicted molar refractivity (Wildman–Crippen MR) is 73.8 cm³/mol. The Morgan fingerprint density at radius 3 is 2.56 bits per heavy atom. The maximum Gasteiger partial charge on any atom is 0.407 e. The van der Waals surface area contributed by atoms with E-state index in [-0.39, 0.29) is 0 Å². The average Bonchev–Trinajstić information content (AvgIpc) is 2.33. The van der Waals surface area contributed by atoms with Crippen LogP contribution in [-0.2, 0) is 6.54 Å². The third kappa shape index (κ3) is 3.23. The highest BCUT2D eigenvalue weighted by Gasteiger charge is 2.20. The van der Waals surface area contributed by atoms with Crippen LogP contribution >= 0.6 is 15.9 Å². The Morgan fingerprint density at radius 1 is 1.33 bits per heavy atom. The molecule has 0 saturated carbocycles. The molecule has 0 bridgehead atoms. The molecule has 2 rings (SSSR count). The van der Waals surface area contributed by atoms with Gasteiger partial charge in [-0.3, -0.25) is 4.90 Å². The fraction of sp³-hybridized carbons (Fsp3) is 0.462. The van der Waals surface area contributed by atoms with Crippen LogP contribution in [0.4, 0.5) is 4.79 Å². The predicted octanol–water partition coefficient (Wildman–Crippen LogP) is 2.55. The molecule has 0 spiro atoms. The lowest BCUT2D eigenvalue weighted by Gasteiger charge is -2.33. The molecule has 1 heterocycles. The summed E-state index contributed by atoms with van der Waals surface area (Å²) in [5.41, 5.74) is 2.58. The van der Waals surface area contributed by atoms with Gasteiger partial charge >= 0.3 is 6.09 Å². The van der Waals surface area contributed by atoms with Crippen molar-refractivity contribution < 1.29 is 9.90 Å². The Kier molecular flexibility index (Phi) is 4.24. The van der Waals surface area contributed by atoms with E-state index < -0.39 is 6.09 Å². The summed E-state index contributed by atoms with van der Waals surface area (Å²) in [7, 11) is 0. The van der Waals surface area contributed by atoms with Crippen LogP contribution in [0, 0.1) is 6.92 Å². The second kappa shape index (κ2) is 5.71. The number of hydrogen-bond acceptors (Lipinski definition) is 2. The average molecular weight is 313 g/mol. The van der Waals surface area contributed by atoms with E-state index in [1.54, 1.807) is 0 Å². The first kappa shape index (κ1) is 13.4. The Hall–Kier alpha value is -1.07. The van der Waals surface area contributed by atoms with E-state index in [0.29, 0.717) is 13.1 Å². The lowest BCUT2D eigenvalue weighted by atomic mass is 10.1. The number of carboxylic acid groups (broad SMARTS) is 1. The fourth-order valence-electron chi connectivity index (χ4n) is 2.17. The first-order valence-corrected chi connectivity index (χ1v) is 6.81. The Balaban J connectivity index is 1.93. The van der Waals surface area contributed by atoms with Crippen LogP contribution in [0.3, 0.4) is 0 Å². The van der Waals surface area contributed by atoms with Crippen LogP contribution in [-0.4, -0.2) is 47.2 Å². The van der Waals surface area contributed by atoms with E-state index in [9.17, 15) is 4.79 Å². The second-order valence-corrected chi connectivity index (χ2v) is 5.53. The maximum absolute atomic E-state index is 10.8. The lowest BCUT2D eigenvalue weighted by Crippen LogP contribution is -2.47. The largest absolute Gasteiger partial charge is 0.465 e. The van der Waals surface area contributed by atoms with Crippen molar-refractivity contribution in [3.8, 4) is 0 Å². The Bertz CT molecular complexity index is 443. The highest BCUT2D eigenvalue weighted by molar-refractivity contribution is 9.10. The highest BCUT2D eigenvalue weighted by atomic mass is 79.9. The number of carbonyl (C=O) groups is 1. The number of benzene rings is 1. The van der Waals surface area contributed by atoms with Crippen molar-refractivity contribution >= 4 is 22.0 Å². The van der Waals surface area contributed by atoms with Gasteiger partial charge in [0.25, 0.3) is 0 Å². The summed E-state index contributed by atoms with van der Waals surface area (Å²) in [5, 5.41) is 8.89.